The number of rotatable bonds is 8. The van der Waals surface area contributed by atoms with E-state index in [-0.39, 0.29) is 0 Å². The summed E-state index contributed by atoms with van der Waals surface area (Å²) in [5.41, 5.74) is 2.34. The average molecular weight is 364 g/mol. The molecule has 128 valence electrons. The first-order valence-corrected chi connectivity index (χ1v) is 9.69. The summed E-state index contributed by atoms with van der Waals surface area (Å²) in [4.78, 5) is 0. The standard InChI is InChI=1S/C17H21N3O2S2/c1-12-19-20-17(24-12)23-8-4-7-18-10-13-9-14-5-3-6-15(21-2)16(14)22-11-13/h3,5-6,9,18H,4,7-8,10-11H2,1-2H3. The van der Waals surface area contributed by atoms with Crippen LogP contribution in [-0.2, 0) is 0 Å². The largest absolute Gasteiger partial charge is 0.493 e. The fourth-order valence-corrected chi connectivity index (χ4v) is 4.26. The van der Waals surface area contributed by atoms with Gasteiger partial charge in [0.2, 0.25) is 0 Å². The van der Waals surface area contributed by atoms with Crippen molar-refractivity contribution >= 4 is 29.2 Å². The van der Waals surface area contributed by atoms with Gasteiger partial charge in [0.1, 0.15) is 11.6 Å². The van der Waals surface area contributed by atoms with Gasteiger partial charge in [0.15, 0.2) is 15.8 Å². The molecule has 7 heteroatoms. The third-order valence-corrected chi connectivity index (χ3v) is 5.63. The number of fused-ring (bicyclic) bond motifs is 1. The van der Waals surface area contributed by atoms with Crippen LogP contribution in [-0.4, -0.2) is 42.8 Å². The van der Waals surface area contributed by atoms with E-state index in [1.165, 1.54) is 5.57 Å². The van der Waals surface area contributed by atoms with E-state index in [9.17, 15) is 0 Å². The molecule has 0 bridgehead atoms. The van der Waals surface area contributed by atoms with Gasteiger partial charge in [-0.15, -0.1) is 10.2 Å². The highest BCUT2D eigenvalue weighted by Gasteiger charge is 2.15. The van der Waals surface area contributed by atoms with Gasteiger partial charge in [0.05, 0.1) is 7.11 Å². The second-order valence-corrected chi connectivity index (χ2v) is 7.96. The molecular weight excluding hydrogens is 342 g/mol. The normalized spacial score (nSPS) is 13.2. The van der Waals surface area contributed by atoms with E-state index in [1.54, 1.807) is 30.2 Å². The van der Waals surface area contributed by atoms with E-state index in [2.05, 4.69) is 27.7 Å². The Balaban J connectivity index is 1.40. The van der Waals surface area contributed by atoms with Gasteiger partial charge >= 0.3 is 0 Å². The zero-order chi connectivity index (χ0) is 16.8. The number of para-hydroxylation sites is 1. The van der Waals surface area contributed by atoms with Gasteiger partial charge in [-0.05, 0) is 37.6 Å². The third-order valence-electron chi connectivity index (χ3n) is 3.57. The summed E-state index contributed by atoms with van der Waals surface area (Å²) in [6.45, 7) is 4.42. The lowest BCUT2D eigenvalue weighted by Gasteiger charge is -2.20. The molecule has 2 aromatic rings. The average Bonchev–Trinajstić information content (AvgIpc) is 3.02. The first kappa shape index (κ1) is 17.3. The molecule has 0 fully saturated rings. The second kappa shape index (κ2) is 8.50. The van der Waals surface area contributed by atoms with Crippen molar-refractivity contribution in [2.45, 2.75) is 17.7 Å². The van der Waals surface area contributed by atoms with Crippen LogP contribution in [0.5, 0.6) is 11.5 Å². The number of methoxy groups -OCH3 is 1. The number of hydrogen-bond acceptors (Lipinski definition) is 7. The predicted octanol–water partition coefficient (Wildman–Crippen LogP) is 3.40. The van der Waals surface area contributed by atoms with E-state index in [4.69, 9.17) is 9.47 Å². The maximum atomic E-state index is 5.85. The Morgan fingerprint density at radius 1 is 1.38 bits per heavy atom. The van der Waals surface area contributed by atoms with Crippen LogP contribution in [0.15, 0.2) is 28.1 Å². The van der Waals surface area contributed by atoms with Crippen LogP contribution in [0.1, 0.15) is 17.0 Å². The van der Waals surface area contributed by atoms with E-state index in [0.717, 1.165) is 51.7 Å². The fourth-order valence-electron chi connectivity index (χ4n) is 2.43. The minimum Gasteiger partial charge on any atom is -0.493 e. The maximum absolute atomic E-state index is 5.85. The van der Waals surface area contributed by atoms with Gasteiger partial charge < -0.3 is 14.8 Å². The van der Waals surface area contributed by atoms with Crippen molar-refractivity contribution in [2.24, 2.45) is 0 Å². The molecule has 0 aliphatic carbocycles. The van der Waals surface area contributed by atoms with E-state index in [1.807, 2.05) is 19.1 Å². The second-order valence-electron chi connectivity index (χ2n) is 5.44. The fraction of sp³-hybridized carbons (Fsp3) is 0.412. The number of hydrogen-bond donors (Lipinski definition) is 1. The Hall–Kier alpha value is -1.57. The zero-order valence-corrected chi connectivity index (χ0v) is 15.5. The lowest BCUT2D eigenvalue weighted by Crippen LogP contribution is -2.23. The topological polar surface area (TPSA) is 56.3 Å². The van der Waals surface area contributed by atoms with Crippen molar-refractivity contribution in [3.05, 3.63) is 34.3 Å². The van der Waals surface area contributed by atoms with Crippen LogP contribution < -0.4 is 14.8 Å². The third kappa shape index (κ3) is 4.49. The molecule has 0 radical (unpaired) electrons. The lowest BCUT2D eigenvalue weighted by molar-refractivity contribution is 0.313. The Bertz CT molecular complexity index is 716. The molecule has 1 aromatic heterocycles. The van der Waals surface area contributed by atoms with E-state index in [0.29, 0.717) is 6.61 Å². The summed E-state index contributed by atoms with van der Waals surface area (Å²) in [7, 11) is 1.67. The van der Waals surface area contributed by atoms with Crippen molar-refractivity contribution in [1.82, 2.24) is 15.5 Å². The molecule has 0 saturated carbocycles. The molecule has 3 rings (SSSR count). The van der Waals surface area contributed by atoms with Gasteiger partial charge in [0, 0.05) is 17.9 Å². The summed E-state index contributed by atoms with van der Waals surface area (Å²) >= 11 is 3.43. The van der Waals surface area contributed by atoms with Crippen LogP contribution in [0.2, 0.25) is 0 Å². The highest BCUT2D eigenvalue weighted by atomic mass is 32.2. The minimum atomic E-state index is 0.610. The zero-order valence-electron chi connectivity index (χ0n) is 13.9. The molecule has 2 heterocycles. The summed E-state index contributed by atoms with van der Waals surface area (Å²) in [6.07, 6.45) is 3.29. The Morgan fingerprint density at radius 2 is 2.29 bits per heavy atom. The SMILES string of the molecule is COc1cccc2c1OCC(CNCCCSc1nnc(C)s1)=C2. The van der Waals surface area contributed by atoms with Crippen LogP contribution >= 0.6 is 23.1 Å². The van der Waals surface area contributed by atoms with Crippen molar-refractivity contribution in [3.63, 3.8) is 0 Å². The van der Waals surface area contributed by atoms with Crippen molar-refractivity contribution in [1.29, 1.82) is 0 Å². The van der Waals surface area contributed by atoms with Crippen molar-refractivity contribution in [3.8, 4) is 11.5 Å². The van der Waals surface area contributed by atoms with Gasteiger partial charge in [-0.1, -0.05) is 35.2 Å². The minimum absolute atomic E-state index is 0.610. The van der Waals surface area contributed by atoms with Crippen LogP contribution in [0.3, 0.4) is 0 Å². The van der Waals surface area contributed by atoms with Crippen LogP contribution in [0, 0.1) is 6.92 Å². The summed E-state index contributed by atoms with van der Waals surface area (Å²) in [6, 6.07) is 5.96. The summed E-state index contributed by atoms with van der Waals surface area (Å²) in [5, 5.41) is 12.6. The summed E-state index contributed by atoms with van der Waals surface area (Å²) < 4.78 is 12.2. The number of aryl methyl sites for hydroxylation is 1. The molecule has 0 saturated heterocycles. The van der Waals surface area contributed by atoms with Gasteiger partial charge in [-0.25, -0.2) is 0 Å². The molecule has 1 aromatic carbocycles. The van der Waals surface area contributed by atoms with Crippen molar-refractivity contribution in [2.75, 3.05) is 32.6 Å². The smallest absolute Gasteiger partial charge is 0.174 e. The molecule has 0 unspecified atom stereocenters. The Morgan fingerprint density at radius 3 is 3.08 bits per heavy atom. The number of thioether (sulfide) groups is 1. The molecule has 1 aliphatic rings. The summed E-state index contributed by atoms with van der Waals surface area (Å²) in [5.74, 6) is 2.68. The van der Waals surface area contributed by atoms with E-state index >= 15 is 0 Å². The van der Waals surface area contributed by atoms with Gasteiger partial charge in [-0.2, -0.15) is 0 Å². The maximum Gasteiger partial charge on any atom is 0.174 e. The molecule has 24 heavy (non-hydrogen) atoms. The monoisotopic (exact) mass is 363 g/mol. The predicted molar refractivity (Wildman–Crippen MR) is 99.3 cm³/mol. The Labute approximate surface area is 150 Å². The lowest BCUT2D eigenvalue weighted by atomic mass is 10.1. The van der Waals surface area contributed by atoms with Crippen molar-refractivity contribution < 1.29 is 9.47 Å². The number of nitrogens with zero attached hydrogens (tertiary/aromatic N) is 2. The molecule has 1 aliphatic heterocycles. The molecule has 1 N–H and O–H groups in total. The van der Waals surface area contributed by atoms with Crippen LogP contribution in [0.4, 0.5) is 0 Å². The Kier molecular flexibility index (Phi) is 6.12. The molecule has 5 nitrogen and oxygen atoms in total. The number of nitrogens with one attached hydrogen (secondary N) is 1. The molecule has 0 amide bonds. The quantitative estimate of drug-likeness (QED) is 0.573. The van der Waals surface area contributed by atoms with Gasteiger partial charge in [0.25, 0.3) is 0 Å². The highest BCUT2D eigenvalue weighted by molar-refractivity contribution is 8.01. The van der Waals surface area contributed by atoms with Crippen LogP contribution in [0.25, 0.3) is 6.08 Å². The first-order valence-electron chi connectivity index (χ1n) is 7.89. The highest BCUT2D eigenvalue weighted by Crippen LogP contribution is 2.35. The molecule has 0 atom stereocenters. The first-order chi connectivity index (χ1) is 11.8. The molecular formula is C17H21N3O2S2. The number of benzene rings is 1. The van der Waals surface area contributed by atoms with E-state index < -0.39 is 0 Å². The number of aromatic nitrogens is 2. The van der Waals surface area contributed by atoms with Gasteiger partial charge in [-0.3, -0.25) is 0 Å². The molecule has 0 spiro atoms. The number of ether oxygens (including phenoxy) is 2.